The summed E-state index contributed by atoms with van der Waals surface area (Å²) in [6.07, 6.45) is -2.70. The van der Waals surface area contributed by atoms with E-state index in [1.165, 1.54) is 23.5 Å². The molecule has 19 heavy (non-hydrogen) atoms. The Morgan fingerprint density at radius 1 is 1.32 bits per heavy atom. The highest BCUT2D eigenvalue weighted by Crippen LogP contribution is 2.29. The summed E-state index contributed by atoms with van der Waals surface area (Å²) in [6.45, 7) is 3.76. The van der Waals surface area contributed by atoms with Crippen molar-refractivity contribution in [1.29, 1.82) is 0 Å². The number of aromatic nitrogens is 2. The third kappa shape index (κ3) is 3.44. The fourth-order valence-corrected chi connectivity index (χ4v) is 2.31. The summed E-state index contributed by atoms with van der Waals surface area (Å²) in [5.74, 6) is 0.190. The van der Waals surface area contributed by atoms with Gasteiger partial charge in [-0.05, 0) is 26.0 Å². The number of nitrogens with one attached hydrogen (secondary N) is 1. The molecule has 1 atom stereocenters. The zero-order valence-corrected chi connectivity index (χ0v) is 11.1. The molecule has 2 aromatic rings. The average molecular weight is 287 g/mol. The van der Waals surface area contributed by atoms with E-state index >= 15 is 0 Å². The minimum atomic E-state index is -4.43. The molecule has 0 aromatic carbocycles. The van der Waals surface area contributed by atoms with E-state index in [0.29, 0.717) is 0 Å². The summed E-state index contributed by atoms with van der Waals surface area (Å²) in [4.78, 5) is 8.80. The van der Waals surface area contributed by atoms with Gasteiger partial charge < -0.3 is 5.32 Å². The Morgan fingerprint density at radius 3 is 2.63 bits per heavy atom. The zero-order chi connectivity index (χ0) is 14.0. The summed E-state index contributed by atoms with van der Waals surface area (Å²) < 4.78 is 37.6. The van der Waals surface area contributed by atoms with Gasteiger partial charge in [0.2, 0.25) is 0 Å². The highest BCUT2D eigenvalue weighted by molar-refractivity contribution is 7.11. The Morgan fingerprint density at radius 2 is 2.05 bits per heavy atom. The first-order valence-corrected chi connectivity index (χ1v) is 6.41. The second kappa shape index (κ2) is 5.16. The Kier molecular flexibility index (Phi) is 3.75. The van der Waals surface area contributed by atoms with Gasteiger partial charge in [-0.2, -0.15) is 13.2 Å². The molecule has 0 saturated carbocycles. The third-order valence-electron chi connectivity index (χ3n) is 2.41. The zero-order valence-electron chi connectivity index (χ0n) is 10.3. The largest absolute Gasteiger partial charge is 0.433 e. The van der Waals surface area contributed by atoms with Crippen LogP contribution in [0.25, 0.3) is 0 Å². The first-order chi connectivity index (χ1) is 8.86. The van der Waals surface area contributed by atoms with Crippen molar-refractivity contribution >= 4 is 17.2 Å². The van der Waals surface area contributed by atoms with Crippen molar-refractivity contribution in [3.05, 3.63) is 40.0 Å². The molecule has 3 nitrogen and oxygen atoms in total. The van der Waals surface area contributed by atoms with E-state index in [2.05, 4.69) is 15.3 Å². The first kappa shape index (κ1) is 13.8. The van der Waals surface area contributed by atoms with Crippen LogP contribution < -0.4 is 5.32 Å². The molecule has 1 N–H and O–H groups in total. The van der Waals surface area contributed by atoms with E-state index in [1.54, 1.807) is 6.20 Å². The second-order valence-corrected chi connectivity index (χ2v) is 5.35. The minimum Gasteiger partial charge on any atom is -0.361 e. The fraction of sp³-hybridized carbons (Fsp3) is 0.333. The Hall–Kier alpha value is -1.63. The molecule has 1 unspecified atom stereocenters. The highest BCUT2D eigenvalue weighted by atomic mass is 32.1. The maximum atomic E-state index is 12.5. The number of halogens is 3. The van der Waals surface area contributed by atoms with Crippen LogP contribution in [0.5, 0.6) is 0 Å². The Labute approximate surface area is 112 Å². The van der Waals surface area contributed by atoms with E-state index in [-0.39, 0.29) is 11.9 Å². The molecular weight excluding hydrogens is 275 g/mol. The topological polar surface area (TPSA) is 37.8 Å². The Balaban J connectivity index is 2.15. The molecule has 0 radical (unpaired) electrons. The molecule has 2 aromatic heterocycles. The molecule has 0 fully saturated rings. The lowest BCUT2D eigenvalue weighted by atomic mass is 10.3. The summed E-state index contributed by atoms with van der Waals surface area (Å²) in [6, 6.07) is 3.60. The van der Waals surface area contributed by atoms with E-state index in [0.717, 1.165) is 16.0 Å². The number of thiazole rings is 1. The third-order valence-corrected chi connectivity index (χ3v) is 3.51. The normalized spacial score (nSPS) is 13.3. The van der Waals surface area contributed by atoms with Gasteiger partial charge in [-0.15, -0.1) is 11.3 Å². The summed E-state index contributed by atoms with van der Waals surface area (Å²) in [5.41, 5.74) is -0.903. The van der Waals surface area contributed by atoms with Crippen LogP contribution in [0.15, 0.2) is 24.4 Å². The van der Waals surface area contributed by atoms with Crippen molar-refractivity contribution < 1.29 is 13.2 Å². The number of hydrogen-bond acceptors (Lipinski definition) is 4. The van der Waals surface area contributed by atoms with Crippen molar-refractivity contribution in [1.82, 2.24) is 9.97 Å². The van der Waals surface area contributed by atoms with Crippen molar-refractivity contribution in [2.75, 3.05) is 5.32 Å². The van der Waals surface area contributed by atoms with Crippen LogP contribution in [0.2, 0.25) is 0 Å². The van der Waals surface area contributed by atoms with Crippen LogP contribution in [0.3, 0.4) is 0 Å². The average Bonchev–Trinajstić information content (AvgIpc) is 2.75. The van der Waals surface area contributed by atoms with Crippen LogP contribution in [-0.2, 0) is 6.18 Å². The van der Waals surface area contributed by atoms with E-state index in [1.807, 2.05) is 13.8 Å². The maximum Gasteiger partial charge on any atom is 0.433 e. The molecule has 0 aliphatic rings. The molecule has 0 saturated heterocycles. The molecule has 0 aliphatic heterocycles. The van der Waals surface area contributed by atoms with Crippen LogP contribution >= 0.6 is 11.3 Å². The second-order valence-electron chi connectivity index (χ2n) is 4.08. The lowest BCUT2D eigenvalue weighted by molar-refractivity contribution is -0.141. The fourth-order valence-electron chi connectivity index (χ4n) is 1.53. The van der Waals surface area contributed by atoms with E-state index < -0.39 is 11.9 Å². The summed E-state index contributed by atoms with van der Waals surface area (Å²) >= 11 is 1.50. The molecule has 0 aliphatic carbocycles. The number of hydrogen-bond donors (Lipinski definition) is 1. The molecule has 2 heterocycles. The van der Waals surface area contributed by atoms with Crippen molar-refractivity contribution in [3.8, 4) is 0 Å². The quantitative estimate of drug-likeness (QED) is 0.925. The van der Waals surface area contributed by atoms with Crippen LogP contribution in [0.1, 0.15) is 28.5 Å². The standard InChI is InChI=1S/C12H12F3N3S/c1-7-6-16-11(19-7)8(2)17-10-5-3-4-9(18-10)12(13,14)15/h3-6,8H,1-2H3,(H,17,18). The first-order valence-electron chi connectivity index (χ1n) is 5.59. The van der Waals surface area contributed by atoms with Gasteiger partial charge in [-0.1, -0.05) is 6.07 Å². The lowest BCUT2D eigenvalue weighted by Crippen LogP contribution is -2.12. The smallest absolute Gasteiger partial charge is 0.361 e. The van der Waals surface area contributed by atoms with Gasteiger partial charge in [0, 0.05) is 11.1 Å². The molecular formula is C12H12F3N3S. The van der Waals surface area contributed by atoms with Gasteiger partial charge in [-0.3, -0.25) is 0 Å². The van der Waals surface area contributed by atoms with Gasteiger partial charge in [0.25, 0.3) is 0 Å². The molecule has 0 amide bonds. The maximum absolute atomic E-state index is 12.5. The predicted molar refractivity (Wildman–Crippen MR) is 68.1 cm³/mol. The number of alkyl halides is 3. The SMILES string of the molecule is Cc1cnc(C(C)Nc2cccc(C(F)(F)F)n2)s1. The van der Waals surface area contributed by atoms with Crippen molar-refractivity contribution in [2.24, 2.45) is 0 Å². The molecule has 7 heteroatoms. The molecule has 2 rings (SSSR count). The van der Waals surface area contributed by atoms with Gasteiger partial charge in [-0.25, -0.2) is 9.97 Å². The van der Waals surface area contributed by atoms with Gasteiger partial charge in [0.1, 0.15) is 16.5 Å². The summed E-state index contributed by atoms with van der Waals surface area (Å²) in [7, 11) is 0. The number of rotatable bonds is 3. The van der Waals surface area contributed by atoms with Crippen LogP contribution in [0.4, 0.5) is 19.0 Å². The van der Waals surface area contributed by atoms with Crippen molar-refractivity contribution in [2.45, 2.75) is 26.1 Å². The van der Waals surface area contributed by atoms with Crippen LogP contribution in [-0.4, -0.2) is 9.97 Å². The lowest BCUT2D eigenvalue weighted by Gasteiger charge is -2.13. The number of anilines is 1. The molecule has 0 bridgehead atoms. The monoisotopic (exact) mass is 287 g/mol. The molecule has 0 spiro atoms. The number of aryl methyl sites for hydroxylation is 1. The van der Waals surface area contributed by atoms with Gasteiger partial charge in [0.05, 0.1) is 6.04 Å². The Bertz CT molecular complexity index is 565. The van der Waals surface area contributed by atoms with E-state index in [4.69, 9.17) is 0 Å². The highest BCUT2D eigenvalue weighted by Gasteiger charge is 2.32. The number of nitrogens with zero attached hydrogens (tertiary/aromatic N) is 2. The minimum absolute atomic E-state index is 0.185. The number of pyridine rings is 1. The van der Waals surface area contributed by atoms with Gasteiger partial charge in [0.15, 0.2) is 0 Å². The van der Waals surface area contributed by atoms with Crippen molar-refractivity contribution in [3.63, 3.8) is 0 Å². The predicted octanol–water partition coefficient (Wildman–Crippen LogP) is 4.04. The van der Waals surface area contributed by atoms with Gasteiger partial charge >= 0.3 is 6.18 Å². The summed E-state index contributed by atoms with van der Waals surface area (Å²) in [5, 5.41) is 3.74. The molecule has 102 valence electrons. The van der Waals surface area contributed by atoms with Crippen LogP contribution in [0, 0.1) is 6.92 Å². The van der Waals surface area contributed by atoms with E-state index in [9.17, 15) is 13.2 Å².